The lowest BCUT2D eigenvalue weighted by molar-refractivity contribution is -0.130. The highest BCUT2D eigenvalue weighted by molar-refractivity contribution is 5.79. The standard InChI is InChI=1S/C17H21FN4O2/c1-20-12-14(11-19-20)21-5-7-22(8-6-21)17(23)10-13-3-4-16(24-2)15(18)9-13/h3-4,9,11-12H,5-8,10H2,1-2H3. The van der Waals surface area contributed by atoms with Gasteiger partial charge in [0.15, 0.2) is 11.6 Å². The molecule has 0 aliphatic carbocycles. The van der Waals surface area contributed by atoms with Gasteiger partial charge in [-0.25, -0.2) is 4.39 Å². The van der Waals surface area contributed by atoms with Crippen LogP contribution in [0.15, 0.2) is 30.6 Å². The molecule has 1 fully saturated rings. The van der Waals surface area contributed by atoms with Gasteiger partial charge in [0.1, 0.15) is 0 Å². The Morgan fingerprint density at radius 1 is 1.29 bits per heavy atom. The van der Waals surface area contributed by atoms with Crippen molar-refractivity contribution in [1.29, 1.82) is 0 Å². The molecular formula is C17H21FN4O2. The fraction of sp³-hybridized carbons (Fsp3) is 0.412. The Morgan fingerprint density at radius 3 is 2.62 bits per heavy atom. The number of halogens is 1. The first kappa shape index (κ1) is 16.3. The molecule has 0 atom stereocenters. The van der Waals surface area contributed by atoms with Crippen LogP contribution in [0.4, 0.5) is 10.1 Å². The molecule has 1 saturated heterocycles. The van der Waals surface area contributed by atoms with Crippen molar-refractivity contribution < 1.29 is 13.9 Å². The number of aryl methyl sites for hydroxylation is 1. The fourth-order valence-electron chi connectivity index (χ4n) is 2.89. The summed E-state index contributed by atoms with van der Waals surface area (Å²) in [4.78, 5) is 16.5. The number of nitrogens with zero attached hydrogens (tertiary/aromatic N) is 4. The van der Waals surface area contributed by atoms with Gasteiger partial charge in [-0.1, -0.05) is 6.07 Å². The maximum absolute atomic E-state index is 13.7. The van der Waals surface area contributed by atoms with E-state index in [1.54, 1.807) is 16.8 Å². The summed E-state index contributed by atoms with van der Waals surface area (Å²) in [5, 5.41) is 4.17. The van der Waals surface area contributed by atoms with E-state index in [9.17, 15) is 9.18 Å². The molecule has 0 unspecified atom stereocenters. The molecule has 1 aliphatic heterocycles. The number of rotatable bonds is 4. The number of hydrogen-bond donors (Lipinski definition) is 0. The van der Waals surface area contributed by atoms with Gasteiger partial charge >= 0.3 is 0 Å². The van der Waals surface area contributed by atoms with Gasteiger partial charge in [-0.2, -0.15) is 5.10 Å². The van der Waals surface area contributed by atoms with Crippen LogP contribution in [0, 0.1) is 5.82 Å². The highest BCUT2D eigenvalue weighted by atomic mass is 19.1. The molecule has 1 amide bonds. The van der Waals surface area contributed by atoms with Gasteiger partial charge in [0.25, 0.3) is 0 Å². The van der Waals surface area contributed by atoms with Crippen molar-refractivity contribution in [1.82, 2.24) is 14.7 Å². The molecule has 128 valence electrons. The molecule has 2 heterocycles. The van der Waals surface area contributed by atoms with Crippen LogP contribution in [0.1, 0.15) is 5.56 Å². The highest BCUT2D eigenvalue weighted by Crippen LogP contribution is 2.19. The van der Waals surface area contributed by atoms with Crippen LogP contribution >= 0.6 is 0 Å². The molecule has 7 heteroatoms. The van der Waals surface area contributed by atoms with Gasteiger partial charge in [-0.05, 0) is 17.7 Å². The molecule has 3 rings (SSSR count). The summed E-state index contributed by atoms with van der Waals surface area (Å²) in [6, 6.07) is 4.65. The molecule has 0 bridgehead atoms. The van der Waals surface area contributed by atoms with Crippen LogP contribution in [0.3, 0.4) is 0 Å². The van der Waals surface area contributed by atoms with Crippen LogP contribution < -0.4 is 9.64 Å². The van der Waals surface area contributed by atoms with E-state index in [2.05, 4.69) is 10.00 Å². The molecule has 2 aromatic rings. The maximum atomic E-state index is 13.7. The fourth-order valence-corrected chi connectivity index (χ4v) is 2.89. The molecule has 6 nitrogen and oxygen atoms in total. The first-order chi connectivity index (χ1) is 11.6. The minimum atomic E-state index is -0.441. The highest BCUT2D eigenvalue weighted by Gasteiger charge is 2.22. The number of anilines is 1. The van der Waals surface area contributed by atoms with Gasteiger partial charge in [0.05, 0.1) is 25.4 Å². The van der Waals surface area contributed by atoms with Gasteiger partial charge < -0.3 is 14.5 Å². The summed E-state index contributed by atoms with van der Waals surface area (Å²) in [5.41, 5.74) is 1.73. The summed E-state index contributed by atoms with van der Waals surface area (Å²) in [7, 11) is 3.31. The van der Waals surface area contributed by atoms with Gasteiger partial charge in [-0.3, -0.25) is 9.48 Å². The Kier molecular flexibility index (Phi) is 4.69. The number of methoxy groups -OCH3 is 1. The molecule has 0 saturated carbocycles. The van der Waals surface area contributed by atoms with Crippen molar-refractivity contribution in [2.24, 2.45) is 7.05 Å². The summed E-state index contributed by atoms with van der Waals surface area (Å²) >= 11 is 0. The van der Waals surface area contributed by atoms with Crippen LogP contribution in [-0.2, 0) is 18.3 Å². The molecule has 24 heavy (non-hydrogen) atoms. The number of carbonyl (C=O) groups excluding carboxylic acids is 1. The van der Waals surface area contributed by atoms with Crippen molar-refractivity contribution in [3.63, 3.8) is 0 Å². The normalized spacial score (nSPS) is 14.8. The number of benzene rings is 1. The maximum Gasteiger partial charge on any atom is 0.227 e. The molecule has 0 spiro atoms. The second-order valence-electron chi connectivity index (χ2n) is 5.89. The molecule has 1 aromatic heterocycles. The Bertz CT molecular complexity index is 723. The number of hydrogen-bond acceptors (Lipinski definition) is 4. The average molecular weight is 332 g/mol. The van der Waals surface area contributed by atoms with E-state index in [4.69, 9.17) is 4.74 Å². The Morgan fingerprint density at radius 2 is 2.04 bits per heavy atom. The molecule has 0 radical (unpaired) electrons. The number of amides is 1. The predicted molar refractivity (Wildman–Crippen MR) is 88.7 cm³/mol. The summed E-state index contributed by atoms with van der Waals surface area (Å²) in [6.07, 6.45) is 4.00. The third kappa shape index (κ3) is 3.50. The van der Waals surface area contributed by atoms with Crippen LogP contribution in [0.25, 0.3) is 0 Å². The van der Waals surface area contributed by atoms with Crippen LogP contribution in [-0.4, -0.2) is 53.9 Å². The van der Waals surface area contributed by atoms with Crippen molar-refractivity contribution in [3.05, 3.63) is 42.0 Å². The van der Waals surface area contributed by atoms with E-state index in [-0.39, 0.29) is 18.1 Å². The van der Waals surface area contributed by atoms with E-state index >= 15 is 0 Å². The largest absolute Gasteiger partial charge is 0.494 e. The Balaban J connectivity index is 1.56. The first-order valence-electron chi connectivity index (χ1n) is 7.90. The van der Waals surface area contributed by atoms with Crippen LogP contribution in [0.2, 0.25) is 0 Å². The Hall–Kier alpha value is -2.57. The zero-order valence-electron chi connectivity index (χ0n) is 13.9. The monoisotopic (exact) mass is 332 g/mol. The quantitative estimate of drug-likeness (QED) is 0.851. The second-order valence-corrected chi connectivity index (χ2v) is 5.89. The summed E-state index contributed by atoms with van der Waals surface area (Å²) in [6.45, 7) is 2.86. The van der Waals surface area contributed by atoms with Crippen LogP contribution in [0.5, 0.6) is 5.75 Å². The van der Waals surface area contributed by atoms with E-state index in [0.29, 0.717) is 18.7 Å². The van der Waals surface area contributed by atoms with Crippen molar-refractivity contribution in [2.45, 2.75) is 6.42 Å². The third-order valence-electron chi connectivity index (χ3n) is 4.26. The lowest BCUT2D eigenvalue weighted by atomic mass is 10.1. The summed E-state index contributed by atoms with van der Waals surface area (Å²) < 4.78 is 20.4. The van der Waals surface area contributed by atoms with Crippen molar-refractivity contribution in [2.75, 3.05) is 38.2 Å². The molecule has 1 aliphatic rings. The molecule has 0 N–H and O–H groups in total. The lowest BCUT2D eigenvalue weighted by Crippen LogP contribution is -2.49. The van der Waals surface area contributed by atoms with Gasteiger partial charge in [0, 0.05) is 39.4 Å². The molecule has 1 aromatic carbocycles. The van der Waals surface area contributed by atoms with Crippen molar-refractivity contribution in [3.8, 4) is 5.75 Å². The van der Waals surface area contributed by atoms with E-state index in [0.717, 1.165) is 18.8 Å². The minimum absolute atomic E-state index is 0.0189. The van der Waals surface area contributed by atoms with Gasteiger partial charge in [0.2, 0.25) is 5.91 Å². The van der Waals surface area contributed by atoms with Crippen molar-refractivity contribution >= 4 is 11.6 Å². The number of aromatic nitrogens is 2. The summed E-state index contributed by atoms with van der Waals surface area (Å²) in [5.74, 6) is -0.231. The SMILES string of the molecule is COc1ccc(CC(=O)N2CCN(c3cnn(C)c3)CC2)cc1F. The topological polar surface area (TPSA) is 50.6 Å². The van der Waals surface area contributed by atoms with E-state index in [1.807, 2.05) is 24.3 Å². The zero-order chi connectivity index (χ0) is 17.1. The van der Waals surface area contributed by atoms with E-state index in [1.165, 1.54) is 13.2 Å². The number of carbonyl (C=O) groups is 1. The Labute approximate surface area is 140 Å². The lowest BCUT2D eigenvalue weighted by Gasteiger charge is -2.35. The minimum Gasteiger partial charge on any atom is -0.494 e. The third-order valence-corrected chi connectivity index (χ3v) is 4.26. The smallest absolute Gasteiger partial charge is 0.227 e. The zero-order valence-corrected chi connectivity index (χ0v) is 13.9. The molecular weight excluding hydrogens is 311 g/mol. The second kappa shape index (κ2) is 6.90. The predicted octanol–water partition coefficient (Wildman–Crippen LogP) is 1.46. The average Bonchev–Trinajstić information content (AvgIpc) is 3.02. The first-order valence-corrected chi connectivity index (χ1v) is 7.90. The number of ether oxygens (including phenoxy) is 1. The number of piperazine rings is 1. The van der Waals surface area contributed by atoms with E-state index < -0.39 is 5.82 Å². The van der Waals surface area contributed by atoms with Gasteiger partial charge in [-0.15, -0.1) is 0 Å².